The van der Waals surface area contributed by atoms with Crippen LogP contribution < -0.4 is 0 Å². The van der Waals surface area contributed by atoms with Crippen LogP contribution in [0, 0.1) is 5.82 Å². The highest BCUT2D eigenvalue weighted by atomic mass is 79.9. The fourth-order valence-corrected chi connectivity index (χ4v) is 1.94. The Morgan fingerprint density at radius 2 is 2.12 bits per heavy atom. The molecule has 88 valence electrons. The molecule has 0 bridgehead atoms. The predicted octanol–water partition coefficient (Wildman–Crippen LogP) is 2.75. The minimum atomic E-state index is -0.937. The number of methoxy groups -OCH3 is 1. The van der Waals surface area contributed by atoms with Gasteiger partial charge in [-0.05, 0) is 24.1 Å². The van der Waals surface area contributed by atoms with Gasteiger partial charge in [0.05, 0.1) is 6.61 Å². The Morgan fingerprint density at radius 3 is 2.69 bits per heavy atom. The van der Waals surface area contributed by atoms with E-state index in [2.05, 4.69) is 15.9 Å². The molecule has 16 heavy (non-hydrogen) atoms. The summed E-state index contributed by atoms with van der Waals surface area (Å²) in [6.45, 7) is 0.172. The van der Waals surface area contributed by atoms with E-state index in [0.29, 0.717) is 11.1 Å². The van der Waals surface area contributed by atoms with Crippen LogP contribution in [0.1, 0.15) is 17.5 Å². The number of benzene rings is 1. The van der Waals surface area contributed by atoms with Gasteiger partial charge in [0.2, 0.25) is 0 Å². The van der Waals surface area contributed by atoms with Crippen LogP contribution in [0.15, 0.2) is 16.6 Å². The molecule has 0 saturated carbocycles. The number of rotatable bonds is 5. The van der Waals surface area contributed by atoms with Crippen molar-refractivity contribution in [3.8, 4) is 0 Å². The molecule has 0 fully saturated rings. The van der Waals surface area contributed by atoms with Gasteiger partial charge in [-0.25, -0.2) is 4.39 Å². The van der Waals surface area contributed by atoms with Crippen LogP contribution in [0.4, 0.5) is 4.39 Å². The summed E-state index contributed by atoms with van der Waals surface area (Å²) in [5.41, 5.74) is 0.820. The number of aliphatic carboxylic acids is 1. The monoisotopic (exact) mass is 290 g/mol. The van der Waals surface area contributed by atoms with Crippen molar-refractivity contribution in [2.24, 2.45) is 0 Å². The number of hydrogen-bond acceptors (Lipinski definition) is 2. The molecular weight excluding hydrogens is 279 g/mol. The number of carboxylic acids is 1. The first kappa shape index (κ1) is 13.1. The number of ether oxygens (including phenoxy) is 1. The highest BCUT2D eigenvalue weighted by molar-refractivity contribution is 9.10. The third-order valence-corrected chi connectivity index (χ3v) is 2.55. The smallest absolute Gasteiger partial charge is 0.303 e. The van der Waals surface area contributed by atoms with E-state index in [1.54, 1.807) is 12.1 Å². The molecule has 0 aromatic heterocycles. The van der Waals surface area contributed by atoms with Gasteiger partial charge in [0.15, 0.2) is 0 Å². The Labute approximate surface area is 101 Å². The lowest BCUT2D eigenvalue weighted by molar-refractivity contribution is -0.136. The summed E-state index contributed by atoms with van der Waals surface area (Å²) in [4.78, 5) is 10.4. The van der Waals surface area contributed by atoms with Crippen LogP contribution in [-0.4, -0.2) is 18.2 Å². The lowest BCUT2D eigenvalue weighted by Gasteiger charge is -2.08. The summed E-state index contributed by atoms with van der Waals surface area (Å²) in [6.07, 6.45) is 0.0944. The average molecular weight is 291 g/mol. The normalized spacial score (nSPS) is 10.4. The van der Waals surface area contributed by atoms with Crippen LogP contribution in [0.5, 0.6) is 0 Å². The Kier molecular flexibility index (Phi) is 4.89. The number of carbonyl (C=O) groups is 1. The molecule has 0 heterocycles. The molecule has 5 heteroatoms. The zero-order valence-corrected chi connectivity index (χ0v) is 10.4. The topological polar surface area (TPSA) is 46.5 Å². The summed E-state index contributed by atoms with van der Waals surface area (Å²) < 4.78 is 19.4. The van der Waals surface area contributed by atoms with E-state index in [1.165, 1.54) is 7.11 Å². The zero-order chi connectivity index (χ0) is 12.1. The van der Waals surface area contributed by atoms with E-state index < -0.39 is 5.97 Å². The summed E-state index contributed by atoms with van der Waals surface area (Å²) in [7, 11) is 1.48. The molecule has 1 rings (SSSR count). The van der Waals surface area contributed by atoms with Gasteiger partial charge in [0, 0.05) is 23.6 Å². The second-order valence-electron chi connectivity index (χ2n) is 3.36. The molecule has 3 nitrogen and oxygen atoms in total. The van der Waals surface area contributed by atoms with E-state index in [0.717, 1.165) is 4.47 Å². The minimum Gasteiger partial charge on any atom is -0.481 e. The molecule has 0 spiro atoms. The van der Waals surface area contributed by atoms with Crippen LogP contribution in [0.2, 0.25) is 0 Å². The molecular formula is C11H12BrFO3. The van der Waals surface area contributed by atoms with Gasteiger partial charge >= 0.3 is 5.97 Å². The maximum Gasteiger partial charge on any atom is 0.303 e. The summed E-state index contributed by atoms with van der Waals surface area (Å²) >= 11 is 3.25. The van der Waals surface area contributed by atoms with Gasteiger partial charge in [-0.2, -0.15) is 0 Å². The first-order valence-electron chi connectivity index (χ1n) is 4.72. The van der Waals surface area contributed by atoms with Gasteiger partial charge < -0.3 is 9.84 Å². The lowest BCUT2D eigenvalue weighted by Crippen LogP contribution is -2.03. The van der Waals surface area contributed by atoms with E-state index in [-0.39, 0.29) is 25.3 Å². The van der Waals surface area contributed by atoms with Gasteiger partial charge in [0.25, 0.3) is 0 Å². The first-order chi connectivity index (χ1) is 7.54. The molecule has 0 aliphatic heterocycles. The second-order valence-corrected chi connectivity index (χ2v) is 4.28. The fraction of sp³-hybridized carbons (Fsp3) is 0.364. The fourth-order valence-electron chi connectivity index (χ4n) is 1.39. The van der Waals surface area contributed by atoms with Crippen molar-refractivity contribution in [2.75, 3.05) is 7.11 Å². The van der Waals surface area contributed by atoms with E-state index >= 15 is 0 Å². The molecule has 0 atom stereocenters. The highest BCUT2D eigenvalue weighted by Crippen LogP contribution is 2.22. The first-order valence-corrected chi connectivity index (χ1v) is 5.51. The van der Waals surface area contributed by atoms with Crippen molar-refractivity contribution in [1.82, 2.24) is 0 Å². The molecule has 1 aromatic carbocycles. The number of carboxylic acid groups (broad SMARTS) is 1. The van der Waals surface area contributed by atoms with Crippen LogP contribution in [0.3, 0.4) is 0 Å². The molecule has 0 amide bonds. The molecule has 0 saturated heterocycles. The number of aryl methyl sites for hydroxylation is 1. The molecule has 0 aliphatic rings. The number of hydrogen-bond donors (Lipinski definition) is 1. The van der Waals surface area contributed by atoms with Gasteiger partial charge in [0.1, 0.15) is 5.82 Å². The molecule has 0 radical (unpaired) electrons. The molecule has 0 unspecified atom stereocenters. The van der Waals surface area contributed by atoms with Gasteiger partial charge in [-0.15, -0.1) is 0 Å². The third-order valence-electron chi connectivity index (χ3n) is 2.10. The highest BCUT2D eigenvalue weighted by Gasteiger charge is 2.11. The van der Waals surface area contributed by atoms with Crippen molar-refractivity contribution in [3.05, 3.63) is 33.5 Å². The summed E-state index contributed by atoms with van der Waals surface area (Å²) in [5, 5.41) is 8.55. The van der Waals surface area contributed by atoms with Gasteiger partial charge in [-0.3, -0.25) is 4.79 Å². The van der Waals surface area contributed by atoms with Crippen LogP contribution >= 0.6 is 15.9 Å². The SMILES string of the molecule is COCc1cc(Br)cc(CCC(=O)O)c1F. The van der Waals surface area contributed by atoms with Crippen molar-refractivity contribution in [3.63, 3.8) is 0 Å². The van der Waals surface area contributed by atoms with E-state index in [4.69, 9.17) is 9.84 Å². The third kappa shape index (κ3) is 3.57. The Morgan fingerprint density at radius 1 is 1.50 bits per heavy atom. The van der Waals surface area contributed by atoms with Crippen molar-refractivity contribution in [2.45, 2.75) is 19.4 Å². The van der Waals surface area contributed by atoms with Crippen molar-refractivity contribution in [1.29, 1.82) is 0 Å². The molecule has 0 aliphatic carbocycles. The van der Waals surface area contributed by atoms with E-state index in [1.807, 2.05) is 0 Å². The summed E-state index contributed by atoms with van der Waals surface area (Å²) in [6, 6.07) is 3.22. The largest absolute Gasteiger partial charge is 0.481 e. The van der Waals surface area contributed by atoms with Crippen LogP contribution in [0.25, 0.3) is 0 Å². The Balaban J connectivity index is 2.94. The number of halogens is 2. The molecule has 1 N–H and O–H groups in total. The standard InChI is InChI=1S/C11H12BrFO3/c1-16-6-8-5-9(12)4-7(11(8)13)2-3-10(14)15/h4-5H,2-3,6H2,1H3,(H,14,15). The van der Waals surface area contributed by atoms with Gasteiger partial charge in [-0.1, -0.05) is 15.9 Å². The maximum absolute atomic E-state index is 13.8. The Hall–Kier alpha value is -0.940. The lowest BCUT2D eigenvalue weighted by atomic mass is 10.1. The molecule has 1 aromatic rings. The van der Waals surface area contributed by atoms with Crippen molar-refractivity contribution >= 4 is 21.9 Å². The quantitative estimate of drug-likeness (QED) is 0.907. The minimum absolute atomic E-state index is 0.0835. The Bertz CT molecular complexity index is 393. The summed E-state index contributed by atoms with van der Waals surface area (Å²) in [5.74, 6) is -1.32. The van der Waals surface area contributed by atoms with Crippen LogP contribution in [-0.2, 0) is 22.6 Å². The zero-order valence-electron chi connectivity index (χ0n) is 8.80. The average Bonchev–Trinajstić information content (AvgIpc) is 2.21. The predicted molar refractivity (Wildman–Crippen MR) is 60.8 cm³/mol. The maximum atomic E-state index is 13.8. The van der Waals surface area contributed by atoms with E-state index in [9.17, 15) is 9.18 Å². The van der Waals surface area contributed by atoms with Crippen molar-refractivity contribution < 1.29 is 19.0 Å². The second kappa shape index (κ2) is 5.96.